The summed E-state index contributed by atoms with van der Waals surface area (Å²) in [4.78, 5) is 18.4. The summed E-state index contributed by atoms with van der Waals surface area (Å²) in [7, 11) is -3.44. The number of nitrogens with zero attached hydrogens (tertiary/aromatic N) is 5. The number of fused-ring (bicyclic) bond motifs is 2. The number of hydrogen-bond donors (Lipinski definition) is 1. The molecule has 9 nitrogen and oxygen atoms in total. The smallest absolute Gasteiger partial charge is 0.229 e. The van der Waals surface area contributed by atoms with Crippen molar-refractivity contribution >= 4 is 27.3 Å². The molecule has 1 fully saturated rings. The molecule has 0 bridgehead atoms. The van der Waals surface area contributed by atoms with Crippen LogP contribution < -0.4 is 19.3 Å². The lowest BCUT2D eigenvalue weighted by molar-refractivity contribution is 0.310. The Morgan fingerprint density at radius 3 is 2.61 bits per heavy atom. The molecule has 0 saturated carbocycles. The predicted molar refractivity (Wildman–Crippen MR) is 149 cm³/mol. The lowest BCUT2D eigenvalue weighted by Gasteiger charge is -2.34. The molecule has 200 valence electrons. The van der Waals surface area contributed by atoms with E-state index in [1.165, 1.54) is 11.8 Å². The summed E-state index contributed by atoms with van der Waals surface area (Å²) in [5.74, 6) is 2.54. The van der Waals surface area contributed by atoms with E-state index in [9.17, 15) is 8.42 Å². The molecule has 0 unspecified atom stereocenters. The summed E-state index contributed by atoms with van der Waals surface area (Å²) in [6.07, 6.45) is 8.84. The zero-order chi connectivity index (χ0) is 26.5. The number of ether oxygens (including phenoxy) is 1. The highest BCUT2D eigenvalue weighted by atomic mass is 32.2. The van der Waals surface area contributed by atoms with E-state index < -0.39 is 10.0 Å². The number of nitrogens with one attached hydrogen (secondary N) is 1. The van der Waals surface area contributed by atoms with E-state index in [2.05, 4.69) is 44.4 Å². The zero-order valence-corrected chi connectivity index (χ0v) is 23.0. The summed E-state index contributed by atoms with van der Waals surface area (Å²) in [5.41, 5.74) is 6.02. The molecule has 4 heterocycles. The summed E-state index contributed by atoms with van der Waals surface area (Å²) in [5, 5.41) is 0. The minimum atomic E-state index is -3.44. The van der Waals surface area contributed by atoms with Gasteiger partial charge in [-0.15, -0.1) is 0 Å². The quantitative estimate of drug-likeness (QED) is 0.524. The highest BCUT2D eigenvalue weighted by Crippen LogP contribution is 2.39. The van der Waals surface area contributed by atoms with Crippen molar-refractivity contribution in [1.29, 1.82) is 0 Å². The molecule has 3 aromatic rings. The number of aromatic nitrogens is 3. The van der Waals surface area contributed by atoms with Gasteiger partial charge in [0.15, 0.2) is 5.82 Å². The number of sulfonamides is 1. The van der Waals surface area contributed by atoms with Crippen molar-refractivity contribution in [2.75, 3.05) is 47.0 Å². The van der Waals surface area contributed by atoms with Crippen molar-refractivity contribution in [1.82, 2.24) is 15.0 Å². The second-order valence-electron chi connectivity index (χ2n) is 11.4. The standard InChI is InChI=1S/C28H34N6O3S/c1-28(2)8-7-23-22(15-28)26(31-18-30-23)34-11-12-37-25-6-5-19(13-21(25)17-34)20-14-24(32-38(3,35)36)27(29-16-20)33-9-4-10-33/h5-6,13-14,16,18,32H,4,7-12,15,17H2,1-3H3. The van der Waals surface area contributed by atoms with Crippen LogP contribution in [-0.4, -0.2) is 55.9 Å². The maximum atomic E-state index is 12.1. The average Bonchev–Trinajstić information content (AvgIpc) is 3.04. The molecule has 1 aliphatic carbocycles. The van der Waals surface area contributed by atoms with Gasteiger partial charge in [-0.25, -0.2) is 23.4 Å². The predicted octanol–water partition coefficient (Wildman–Crippen LogP) is 4.03. The van der Waals surface area contributed by atoms with Crippen LogP contribution in [0.25, 0.3) is 11.1 Å². The highest BCUT2D eigenvalue weighted by Gasteiger charge is 2.31. The maximum absolute atomic E-state index is 12.1. The van der Waals surface area contributed by atoms with Crippen molar-refractivity contribution in [3.05, 3.63) is 53.6 Å². The maximum Gasteiger partial charge on any atom is 0.229 e. The Morgan fingerprint density at radius 2 is 1.84 bits per heavy atom. The number of aryl methyl sites for hydroxylation is 1. The molecule has 1 saturated heterocycles. The SMILES string of the molecule is CC1(C)CCc2ncnc(N3CCOc4ccc(-c5cnc(N6CCC6)c(NS(C)(=O)=O)c5)cc4C3)c2C1. The number of anilines is 3. The molecular formula is C28H34N6O3S. The van der Waals surface area contributed by atoms with Crippen LogP contribution in [-0.2, 0) is 29.4 Å². The third kappa shape index (κ3) is 5.01. The first-order valence-electron chi connectivity index (χ1n) is 13.2. The zero-order valence-electron chi connectivity index (χ0n) is 22.2. The van der Waals surface area contributed by atoms with Gasteiger partial charge >= 0.3 is 0 Å². The van der Waals surface area contributed by atoms with Gasteiger partial charge in [-0.2, -0.15) is 0 Å². The molecule has 10 heteroatoms. The molecule has 2 aromatic heterocycles. The van der Waals surface area contributed by atoms with Crippen LogP contribution in [0.15, 0.2) is 36.8 Å². The van der Waals surface area contributed by atoms with E-state index in [0.29, 0.717) is 24.7 Å². The second-order valence-corrected chi connectivity index (χ2v) is 13.1. The number of hydrogen-bond acceptors (Lipinski definition) is 8. The molecule has 2 aliphatic heterocycles. The first-order chi connectivity index (χ1) is 18.2. The van der Waals surface area contributed by atoms with Gasteiger partial charge in [0, 0.05) is 48.2 Å². The van der Waals surface area contributed by atoms with Crippen LogP contribution in [0, 0.1) is 5.41 Å². The third-order valence-corrected chi connectivity index (χ3v) is 8.29. The Bertz CT molecular complexity index is 1490. The van der Waals surface area contributed by atoms with Crippen molar-refractivity contribution in [2.24, 2.45) is 5.41 Å². The molecule has 3 aliphatic rings. The van der Waals surface area contributed by atoms with E-state index in [4.69, 9.17) is 9.72 Å². The van der Waals surface area contributed by atoms with Crippen molar-refractivity contribution < 1.29 is 13.2 Å². The van der Waals surface area contributed by atoms with Gasteiger partial charge in [0.1, 0.15) is 24.5 Å². The van der Waals surface area contributed by atoms with Crippen LogP contribution in [0.5, 0.6) is 5.75 Å². The van der Waals surface area contributed by atoms with Gasteiger partial charge in [-0.1, -0.05) is 19.9 Å². The van der Waals surface area contributed by atoms with Gasteiger partial charge in [0.25, 0.3) is 0 Å². The molecule has 0 amide bonds. The topological polar surface area (TPSA) is 101 Å². The van der Waals surface area contributed by atoms with E-state index >= 15 is 0 Å². The minimum Gasteiger partial charge on any atom is -0.491 e. The van der Waals surface area contributed by atoms with Gasteiger partial charge in [0.2, 0.25) is 10.0 Å². The fourth-order valence-electron chi connectivity index (χ4n) is 5.56. The van der Waals surface area contributed by atoms with E-state index in [1.807, 2.05) is 24.4 Å². The number of pyridine rings is 1. The first kappa shape index (κ1) is 24.9. The fraction of sp³-hybridized carbons (Fsp3) is 0.464. The minimum absolute atomic E-state index is 0.229. The summed E-state index contributed by atoms with van der Waals surface area (Å²) in [6.45, 7) is 8.36. The normalized spacial score (nSPS) is 18.5. The Labute approximate surface area is 224 Å². The van der Waals surface area contributed by atoms with Crippen molar-refractivity contribution in [3.63, 3.8) is 0 Å². The Balaban J connectivity index is 1.34. The van der Waals surface area contributed by atoms with Crippen LogP contribution in [0.2, 0.25) is 0 Å². The lowest BCUT2D eigenvalue weighted by atomic mass is 9.76. The van der Waals surface area contributed by atoms with Crippen molar-refractivity contribution in [2.45, 2.75) is 46.1 Å². The average molecular weight is 535 g/mol. The molecule has 0 radical (unpaired) electrons. The number of benzene rings is 1. The van der Waals surface area contributed by atoms with Gasteiger partial charge in [0.05, 0.1) is 18.5 Å². The van der Waals surface area contributed by atoms with Crippen LogP contribution in [0.3, 0.4) is 0 Å². The molecule has 6 rings (SSSR count). The van der Waals surface area contributed by atoms with E-state index in [-0.39, 0.29) is 5.41 Å². The Kier molecular flexibility index (Phi) is 6.17. The summed E-state index contributed by atoms with van der Waals surface area (Å²) >= 11 is 0. The third-order valence-electron chi connectivity index (χ3n) is 7.70. The summed E-state index contributed by atoms with van der Waals surface area (Å²) < 4.78 is 33.0. The van der Waals surface area contributed by atoms with Crippen molar-refractivity contribution in [3.8, 4) is 16.9 Å². The molecule has 0 atom stereocenters. The van der Waals surface area contributed by atoms with Crippen LogP contribution in [0.4, 0.5) is 17.3 Å². The molecular weight excluding hydrogens is 500 g/mol. The van der Waals surface area contributed by atoms with E-state index in [0.717, 1.165) is 79.3 Å². The molecule has 1 N–H and O–H groups in total. The Hall–Kier alpha value is -3.40. The fourth-order valence-corrected chi connectivity index (χ4v) is 6.11. The second kappa shape index (κ2) is 9.41. The monoisotopic (exact) mass is 534 g/mol. The lowest BCUT2D eigenvalue weighted by Crippen LogP contribution is -2.38. The number of rotatable bonds is 5. The Morgan fingerprint density at radius 1 is 1.00 bits per heavy atom. The molecule has 38 heavy (non-hydrogen) atoms. The van der Waals surface area contributed by atoms with Gasteiger partial charge in [-0.3, -0.25) is 4.72 Å². The summed E-state index contributed by atoms with van der Waals surface area (Å²) in [6, 6.07) is 8.01. The van der Waals surface area contributed by atoms with Gasteiger partial charge in [-0.05, 0) is 54.9 Å². The highest BCUT2D eigenvalue weighted by molar-refractivity contribution is 7.92. The molecule has 0 spiro atoms. The van der Waals surface area contributed by atoms with E-state index in [1.54, 1.807) is 6.33 Å². The molecule has 1 aromatic carbocycles. The largest absolute Gasteiger partial charge is 0.491 e. The van der Waals surface area contributed by atoms with Crippen LogP contribution in [0.1, 0.15) is 43.5 Å². The van der Waals surface area contributed by atoms with Gasteiger partial charge < -0.3 is 14.5 Å². The first-order valence-corrected chi connectivity index (χ1v) is 15.1. The van der Waals surface area contributed by atoms with Crippen LogP contribution >= 0.6 is 0 Å².